The molecule has 0 aliphatic carbocycles. The van der Waals surface area contributed by atoms with E-state index in [1.807, 2.05) is 19.1 Å². The molecule has 1 unspecified atom stereocenters. The highest BCUT2D eigenvalue weighted by Crippen LogP contribution is 2.43. The Labute approximate surface area is 161 Å². The number of piperidine rings is 1. The number of carbonyl (C=O) groups is 1. The third-order valence-corrected chi connectivity index (χ3v) is 5.73. The maximum Gasteiger partial charge on any atom is 0.416 e. The van der Waals surface area contributed by atoms with E-state index in [1.165, 1.54) is 17.0 Å². The monoisotopic (exact) mass is 390 g/mol. The predicted molar refractivity (Wildman–Crippen MR) is 102 cm³/mol. The van der Waals surface area contributed by atoms with Crippen molar-refractivity contribution in [3.63, 3.8) is 0 Å². The number of urea groups is 1. The highest BCUT2D eigenvalue weighted by Gasteiger charge is 2.45. The van der Waals surface area contributed by atoms with Gasteiger partial charge in [0.05, 0.1) is 37.7 Å². The molecule has 7 heteroatoms. The summed E-state index contributed by atoms with van der Waals surface area (Å²) in [7, 11) is 2.15. The van der Waals surface area contributed by atoms with E-state index >= 15 is 0 Å². The molecule has 0 spiro atoms. The average molecular weight is 390 g/mol. The average Bonchev–Trinajstić information content (AvgIpc) is 2.94. The van der Waals surface area contributed by atoms with Crippen LogP contribution >= 0.6 is 0 Å². The lowest BCUT2D eigenvalue weighted by Gasteiger charge is -2.34. The molecule has 2 heterocycles. The van der Waals surface area contributed by atoms with Gasteiger partial charge in [0.15, 0.2) is 0 Å². The van der Waals surface area contributed by atoms with Gasteiger partial charge in [-0.3, -0.25) is 4.90 Å². The molecule has 1 fully saturated rings. The fraction of sp³-hybridized carbons (Fsp3) is 0.381. The van der Waals surface area contributed by atoms with Crippen molar-refractivity contribution in [3.8, 4) is 0 Å². The van der Waals surface area contributed by atoms with Gasteiger partial charge in [0.25, 0.3) is 0 Å². The number of alkyl halides is 3. The van der Waals surface area contributed by atoms with Crippen molar-refractivity contribution in [2.75, 3.05) is 30.4 Å². The first kappa shape index (κ1) is 18.8. The largest absolute Gasteiger partial charge is 0.416 e. The first-order valence-electron chi connectivity index (χ1n) is 9.43. The van der Waals surface area contributed by atoms with Crippen LogP contribution in [0.15, 0.2) is 42.5 Å². The van der Waals surface area contributed by atoms with Crippen molar-refractivity contribution in [3.05, 3.63) is 59.2 Å². The van der Waals surface area contributed by atoms with Crippen LogP contribution in [0.5, 0.6) is 0 Å². The number of hydrogen-bond donors (Lipinski definition) is 2. The van der Waals surface area contributed by atoms with Crippen molar-refractivity contribution >= 4 is 17.4 Å². The standard InChI is InChI=1S/C21H22F3N3O/c1-13-6-7-18-16(10-13)17-12-26(2)9-8-19(17)27(18)20(28)25-15-5-3-4-14(11-15)21(22,23)24/h3-7,10-11,17,19H,8-9,12H2,1-2H3,(H,25,28)/p+1/t17-,19-/m0/s1. The number of carbonyl (C=O) groups excluding carboxylic acids is 1. The minimum absolute atomic E-state index is 0.0336. The number of nitrogens with one attached hydrogen (secondary N) is 2. The molecular weight excluding hydrogens is 367 g/mol. The van der Waals surface area contributed by atoms with Crippen LogP contribution in [0, 0.1) is 6.92 Å². The van der Waals surface area contributed by atoms with E-state index in [1.54, 1.807) is 4.90 Å². The fourth-order valence-electron chi connectivity index (χ4n) is 4.42. The first-order chi connectivity index (χ1) is 13.2. The predicted octanol–water partition coefficient (Wildman–Crippen LogP) is 3.44. The lowest BCUT2D eigenvalue weighted by atomic mass is 9.89. The highest BCUT2D eigenvalue weighted by atomic mass is 19.4. The highest BCUT2D eigenvalue weighted by molar-refractivity contribution is 6.04. The van der Waals surface area contributed by atoms with E-state index in [0.29, 0.717) is 0 Å². The van der Waals surface area contributed by atoms with Gasteiger partial charge in [-0.15, -0.1) is 0 Å². The van der Waals surface area contributed by atoms with Crippen molar-refractivity contribution in [2.45, 2.75) is 31.5 Å². The van der Waals surface area contributed by atoms with Crippen LogP contribution in [0.1, 0.15) is 29.0 Å². The Morgan fingerprint density at radius 1 is 1.21 bits per heavy atom. The van der Waals surface area contributed by atoms with Crippen LogP contribution < -0.4 is 15.1 Å². The molecule has 2 aliphatic heterocycles. The molecule has 2 aromatic carbocycles. The number of quaternary nitrogens is 1. The van der Waals surface area contributed by atoms with Crippen LogP contribution in [0.2, 0.25) is 0 Å². The minimum atomic E-state index is -4.44. The molecule has 4 nitrogen and oxygen atoms in total. The van der Waals surface area contributed by atoms with Gasteiger partial charge in [-0.1, -0.05) is 23.8 Å². The van der Waals surface area contributed by atoms with Crippen LogP contribution in [0.25, 0.3) is 0 Å². The molecule has 4 rings (SSSR count). The molecule has 2 N–H and O–H groups in total. The second kappa shape index (κ2) is 6.81. The van der Waals surface area contributed by atoms with Crippen LogP contribution in [0.3, 0.4) is 0 Å². The van der Waals surface area contributed by atoms with Gasteiger partial charge in [-0.05, 0) is 36.8 Å². The fourth-order valence-corrected chi connectivity index (χ4v) is 4.42. The van der Waals surface area contributed by atoms with Crippen LogP contribution in [0.4, 0.5) is 29.3 Å². The SMILES string of the molecule is Cc1ccc2c(c1)[C@@H]1C[NH+](C)CC[C@@H]1N2C(=O)Nc1cccc(C(F)(F)F)c1. The molecule has 2 aliphatic rings. The van der Waals surface area contributed by atoms with E-state index in [0.717, 1.165) is 48.5 Å². The number of fused-ring (bicyclic) bond motifs is 3. The maximum absolute atomic E-state index is 13.1. The molecule has 0 saturated carbocycles. The number of nitrogens with zero attached hydrogens (tertiary/aromatic N) is 1. The summed E-state index contributed by atoms with van der Waals surface area (Å²) in [6.07, 6.45) is -3.58. The third kappa shape index (κ3) is 3.35. The Morgan fingerprint density at radius 2 is 2.00 bits per heavy atom. The molecule has 0 aromatic heterocycles. The maximum atomic E-state index is 13.1. The summed E-state index contributed by atoms with van der Waals surface area (Å²) >= 11 is 0. The Hall–Kier alpha value is -2.54. The lowest BCUT2D eigenvalue weighted by Crippen LogP contribution is -3.11. The summed E-state index contributed by atoms with van der Waals surface area (Å²) in [5.41, 5.74) is 2.53. The first-order valence-corrected chi connectivity index (χ1v) is 9.43. The summed E-state index contributed by atoms with van der Waals surface area (Å²) in [6, 6.07) is 10.5. The van der Waals surface area contributed by atoms with Crippen molar-refractivity contribution < 1.29 is 22.9 Å². The van der Waals surface area contributed by atoms with Gasteiger partial charge in [-0.25, -0.2) is 4.79 Å². The summed E-state index contributed by atoms with van der Waals surface area (Å²) in [4.78, 5) is 16.3. The number of likely N-dealkylation sites (N-methyl/N-ethyl adjacent to an activating group) is 1. The van der Waals surface area contributed by atoms with Gasteiger partial charge in [-0.2, -0.15) is 13.2 Å². The third-order valence-electron chi connectivity index (χ3n) is 5.73. The number of amides is 2. The smallest absolute Gasteiger partial charge is 0.337 e. The van der Waals surface area contributed by atoms with Crippen molar-refractivity contribution in [2.24, 2.45) is 0 Å². The number of halogens is 3. The quantitative estimate of drug-likeness (QED) is 0.769. The van der Waals surface area contributed by atoms with Gasteiger partial charge in [0.1, 0.15) is 0 Å². The molecule has 28 heavy (non-hydrogen) atoms. The molecular formula is C21H23F3N3O+. The lowest BCUT2D eigenvalue weighted by molar-refractivity contribution is -0.886. The molecule has 2 amide bonds. The summed E-state index contributed by atoms with van der Waals surface area (Å²) in [5, 5.41) is 2.68. The number of likely N-dealkylation sites (tertiary alicyclic amines) is 1. The number of aryl methyl sites for hydroxylation is 1. The van der Waals surface area contributed by atoms with E-state index in [2.05, 4.69) is 18.4 Å². The minimum Gasteiger partial charge on any atom is -0.337 e. The number of hydrogen-bond acceptors (Lipinski definition) is 1. The zero-order valence-electron chi connectivity index (χ0n) is 15.8. The van der Waals surface area contributed by atoms with E-state index in [-0.39, 0.29) is 23.7 Å². The number of benzene rings is 2. The summed E-state index contributed by atoms with van der Waals surface area (Å²) in [5.74, 6) is 0.246. The van der Waals surface area contributed by atoms with Gasteiger partial charge < -0.3 is 10.2 Å². The molecule has 0 radical (unpaired) electrons. The zero-order chi connectivity index (χ0) is 20.1. The second-order valence-electron chi connectivity index (χ2n) is 7.81. The summed E-state index contributed by atoms with van der Waals surface area (Å²) in [6.45, 7) is 3.93. The molecule has 2 aromatic rings. The van der Waals surface area contributed by atoms with Gasteiger partial charge in [0.2, 0.25) is 0 Å². The van der Waals surface area contributed by atoms with Gasteiger partial charge >= 0.3 is 12.2 Å². The Morgan fingerprint density at radius 3 is 2.75 bits per heavy atom. The van der Waals surface area contributed by atoms with Crippen molar-refractivity contribution in [1.29, 1.82) is 0 Å². The second-order valence-corrected chi connectivity index (χ2v) is 7.81. The van der Waals surface area contributed by atoms with E-state index < -0.39 is 11.7 Å². The van der Waals surface area contributed by atoms with Gasteiger partial charge in [0, 0.05) is 17.8 Å². The molecule has 148 valence electrons. The van der Waals surface area contributed by atoms with Crippen LogP contribution in [-0.4, -0.2) is 32.2 Å². The number of rotatable bonds is 1. The normalized spacial score (nSPS) is 23.9. The zero-order valence-corrected chi connectivity index (χ0v) is 15.8. The van der Waals surface area contributed by atoms with E-state index in [4.69, 9.17) is 0 Å². The van der Waals surface area contributed by atoms with Crippen molar-refractivity contribution in [1.82, 2.24) is 0 Å². The molecule has 3 atom stereocenters. The Balaban J connectivity index is 1.64. The number of anilines is 2. The van der Waals surface area contributed by atoms with Crippen LogP contribution in [-0.2, 0) is 6.18 Å². The Kier molecular flexibility index (Phi) is 4.57. The van der Waals surface area contributed by atoms with E-state index in [9.17, 15) is 18.0 Å². The topological polar surface area (TPSA) is 36.8 Å². The Bertz CT molecular complexity index is 912. The summed E-state index contributed by atoms with van der Waals surface area (Å²) < 4.78 is 38.9. The molecule has 1 saturated heterocycles. The molecule has 0 bridgehead atoms.